The van der Waals surface area contributed by atoms with Gasteiger partial charge in [-0.05, 0) is 52.2 Å². The normalized spacial score (nSPS) is 12.8. The van der Waals surface area contributed by atoms with Crippen LogP contribution in [0, 0.1) is 0 Å². The number of nitrogens with one attached hydrogen (secondary N) is 2. The van der Waals surface area contributed by atoms with Crippen LogP contribution in [0.2, 0.25) is 0 Å². The number of anilines is 4. The van der Waals surface area contributed by atoms with Crippen LogP contribution >= 0.6 is 0 Å². The maximum absolute atomic E-state index is 12.4. The summed E-state index contributed by atoms with van der Waals surface area (Å²) in [5, 5.41) is 7.46. The number of rotatable bonds is 11. The molecule has 42 heavy (non-hydrogen) atoms. The molecule has 0 aliphatic carbocycles. The van der Waals surface area contributed by atoms with Crippen LogP contribution in [0.3, 0.4) is 0 Å². The summed E-state index contributed by atoms with van der Waals surface area (Å²) in [6, 6.07) is 14.1. The zero-order valence-corrected chi connectivity index (χ0v) is 25.0. The monoisotopic (exact) mass is 569 g/mol. The molecule has 3 heterocycles. The van der Waals surface area contributed by atoms with Crippen molar-refractivity contribution in [3.8, 4) is 17.0 Å². The molecule has 0 atom stereocenters. The largest absolute Gasteiger partial charge is 0.489 e. The van der Waals surface area contributed by atoms with Gasteiger partial charge in [-0.3, -0.25) is 4.79 Å². The van der Waals surface area contributed by atoms with Gasteiger partial charge in [-0.15, -0.1) is 0 Å². The Kier molecular flexibility index (Phi) is 8.75. The van der Waals surface area contributed by atoms with Gasteiger partial charge < -0.3 is 34.5 Å². The van der Waals surface area contributed by atoms with Crippen molar-refractivity contribution in [2.45, 2.75) is 33.1 Å². The van der Waals surface area contributed by atoms with Gasteiger partial charge in [0.2, 0.25) is 11.9 Å². The first-order valence-corrected chi connectivity index (χ1v) is 14.2. The SMILES string of the molecule is C=CC(=O)Nc1cc(Nc2nccc(-c3c4n(c5ccccc35)CCOC4)n2)c(OC(C)C)cc1N(C)CCN(C)C. The van der Waals surface area contributed by atoms with E-state index in [-0.39, 0.29) is 12.0 Å². The molecule has 0 saturated carbocycles. The van der Waals surface area contributed by atoms with E-state index >= 15 is 0 Å². The Labute approximate surface area is 247 Å². The zero-order chi connectivity index (χ0) is 29.8. The predicted octanol–water partition coefficient (Wildman–Crippen LogP) is 5.28. The third kappa shape index (κ3) is 6.24. The van der Waals surface area contributed by atoms with E-state index in [0.29, 0.717) is 36.3 Å². The molecule has 0 radical (unpaired) electrons. The molecule has 10 nitrogen and oxygen atoms in total. The number of benzene rings is 2. The Bertz CT molecular complexity index is 1590. The fourth-order valence-corrected chi connectivity index (χ4v) is 5.14. The molecule has 2 aromatic carbocycles. The van der Waals surface area contributed by atoms with E-state index in [0.717, 1.165) is 47.7 Å². The molecule has 2 N–H and O–H groups in total. The van der Waals surface area contributed by atoms with Crippen LogP contribution in [0.1, 0.15) is 19.5 Å². The third-order valence-electron chi connectivity index (χ3n) is 7.13. The number of ether oxygens (including phenoxy) is 2. The van der Waals surface area contributed by atoms with Crippen LogP contribution in [0.4, 0.5) is 23.0 Å². The lowest BCUT2D eigenvalue weighted by Gasteiger charge is -2.26. The molecule has 10 heteroatoms. The van der Waals surface area contributed by atoms with Gasteiger partial charge in [0.1, 0.15) is 5.75 Å². The molecule has 0 fully saturated rings. The number of carbonyl (C=O) groups excluding carboxylic acids is 1. The first-order chi connectivity index (χ1) is 20.2. The first kappa shape index (κ1) is 29.1. The van der Waals surface area contributed by atoms with Gasteiger partial charge in [0, 0.05) is 55.4 Å². The molecule has 0 unspecified atom stereocenters. The number of aromatic nitrogens is 3. The zero-order valence-electron chi connectivity index (χ0n) is 25.0. The van der Waals surface area contributed by atoms with Crippen LogP contribution in [-0.2, 0) is 22.7 Å². The number of hydrogen-bond acceptors (Lipinski definition) is 8. The van der Waals surface area contributed by atoms with Crippen LogP contribution in [0.5, 0.6) is 5.75 Å². The molecule has 1 aliphatic rings. The third-order valence-corrected chi connectivity index (χ3v) is 7.13. The molecule has 4 aromatic rings. The maximum atomic E-state index is 12.4. The highest BCUT2D eigenvalue weighted by Gasteiger charge is 2.23. The summed E-state index contributed by atoms with van der Waals surface area (Å²) in [5.41, 5.74) is 6.21. The van der Waals surface area contributed by atoms with Gasteiger partial charge in [-0.25, -0.2) is 9.97 Å². The van der Waals surface area contributed by atoms with Crippen molar-refractivity contribution in [1.29, 1.82) is 0 Å². The molecule has 0 spiro atoms. The Morgan fingerprint density at radius 1 is 1.17 bits per heavy atom. The summed E-state index contributed by atoms with van der Waals surface area (Å²) < 4.78 is 14.4. The van der Waals surface area contributed by atoms with E-state index in [1.54, 1.807) is 6.20 Å². The highest BCUT2D eigenvalue weighted by Crippen LogP contribution is 2.40. The van der Waals surface area contributed by atoms with E-state index in [9.17, 15) is 4.79 Å². The number of amides is 1. The fourth-order valence-electron chi connectivity index (χ4n) is 5.14. The number of para-hydroxylation sites is 1. The second kappa shape index (κ2) is 12.6. The molecular formula is C32H39N7O3. The Hall–Kier alpha value is -4.41. The minimum atomic E-state index is -0.299. The molecule has 1 amide bonds. The summed E-state index contributed by atoms with van der Waals surface area (Å²) >= 11 is 0. The summed E-state index contributed by atoms with van der Waals surface area (Å²) in [6.07, 6.45) is 2.93. The van der Waals surface area contributed by atoms with Crippen molar-refractivity contribution in [1.82, 2.24) is 19.4 Å². The van der Waals surface area contributed by atoms with Crippen molar-refractivity contribution < 1.29 is 14.3 Å². The predicted molar refractivity (Wildman–Crippen MR) is 169 cm³/mol. The van der Waals surface area contributed by atoms with Crippen LogP contribution in [0.15, 0.2) is 61.3 Å². The first-order valence-electron chi connectivity index (χ1n) is 14.2. The standard InChI is InChI=1S/C32H39N7O3/c1-7-30(40)34-24-18-25(29(42-21(2)3)19-27(24)38(6)15-14-37(4)5)36-32-33-13-12-23(35-32)31-22-10-8-9-11-26(22)39-16-17-41-20-28(31)39/h7-13,18-19,21H,1,14-17,20H2,2-6H3,(H,34,40)(H,33,35,36). The Morgan fingerprint density at radius 3 is 2.74 bits per heavy atom. The summed E-state index contributed by atoms with van der Waals surface area (Å²) in [6.45, 7) is 11.2. The molecule has 1 aliphatic heterocycles. The Morgan fingerprint density at radius 2 is 1.98 bits per heavy atom. The van der Waals surface area contributed by atoms with Gasteiger partial charge in [0.15, 0.2) is 0 Å². The second-order valence-corrected chi connectivity index (χ2v) is 10.9. The van der Waals surface area contributed by atoms with Crippen LogP contribution < -0.4 is 20.3 Å². The Balaban J connectivity index is 1.56. The average molecular weight is 570 g/mol. The molecule has 220 valence electrons. The number of nitrogens with zero attached hydrogens (tertiary/aromatic N) is 5. The number of likely N-dealkylation sites (N-methyl/N-ethyl adjacent to an activating group) is 2. The van der Waals surface area contributed by atoms with Crippen LogP contribution in [-0.4, -0.2) is 72.3 Å². The van der Waals surface area contributed by atoms with Crippen molar-refractivity contribution >= 4 is 39.8 Å². The lowest BCUT2D eigenvalue weighted by molar-refractivity contribution is -0.111. The second-order valence-electron chi connectivity index (χ2n) is 10.9. The smallest absolute Gasteiger partial charge is 0.247 e. The lowest BCUT2D eigenvalue weighted by atomic mass is 10.1. The lowest BCUT2D eigenvalue weighted by Crippen LogP contribution is -2.29. The molecule has 0 bridgehead atoms. The van der Waals surface area contributed by atoms with Gasteiger partial charge in [0.05, 0.1) is 47.8 Å². The average Bonchev–Trinajstić information content (AvgIpc) is 3.31. The summed E-state index contributed by atoms with van der Waals surface area (Å²) in [4.78, 5) is 26.1. The van der Waals surface area contributed by atoms with Crippen molar-refractivity contribution in [3.63, 3.8) is 0 Å². The maximum Gasteiger partial charge on any atom is 0.247 e. The fraction of sp³-hybridized carbons (Fsp3) is 0.344. The summed E-state index contributed by atoms with van der Waals surface area (Å²) in [7, 11) is 6.05. The number of hydrogen-bond donors (Lipinski definition) is 2. The number of carbonyl (C=O) groups is 1. The topological polar surface area (TPSA) is 96.8 Å². The van der Waals surface area contributed by atoms with Gasteiger partial charge in [0.25, 0.3) is 0 Å². The quantitative estimate of drug-likeness (QED) is 0.236. The van der Waals surface area contributed by atoms with Crippen molar-refractivity contribution in [2.75, 3.05) is 56.4 Å². The van der Waals surface area contributed by atoms with E-state index < -0.39 is 0 Å². The van der Waals surface area contributed by atoms with Crippen molar-refractivity contribution in [3.05, 3.63) is 67.0 Å². The molecular weight excluding hydrogens is 530 g/mol. The van der Waals surface area contributed by atoms with Crippen molar-refractivity contribution in [2.24, 2.45) is 0 Å². The van der Waals surface area contributed by atoms with Gasteiger partial charge >= 0.3 is 0 Å². The minimum Gasteiger partial charge on any atom is -0.489 e. The minimum absolute atomic E-state index is 0.0782. The van der Waals surface area contributed by atoms with Gasteiger partial charge in [-0.1, -0.05) is 24.8 Å². The van der Waals surface area contributed by atoms with E-state index in [1.807, 2.05) is 59.3 Å². The van der Waals surface area contributed by atoms with E-state index in [4.69, 9.17) is 14.5 Å². The van der Waals surface area contributed by atoms with Gasteiger partial charge in [-0.2, -0.15) is 0 Å². The molecule has 2 aromatic heterocycles. The van der Waals surface area contributed by atoms with E-state index in [1.165, 1.54) is 11.6 Å². The van der Waals surface area contributed by atoms with E-state index in [2.05, 4.69) is 54.8 Å². The highest BCUT2D eigenvalue weighted by atomic mass is 16.5. The molecule has 5 rings (SSSR count). The molecule has 0 saturated heterocycles. The summed E-state index contributed by atoms with van der Waals surface area (Å²) in [5.74, 6) is 0.741. The van der Waals surface area contributed by atoms with Crippen LogP contribution in [0.25, 0.3) is 22.2 Å². The highest BCUT2D eigenvalue weighted by molar-refractivity contribution is 6.02. The number of fused-ring (bicyclic) bond motifs is 3.